The Kier molecular flexibility index (Phi) is 5.15. The summed E-state index contributed by atoms with van der Waals surface area (Å²) in [5.74, 6) is 0.860. The molecule has 1 aromatic rings. The first-order valence-electron chi connectivity index (χ1n) is 6.63. The molecule has 2 atom stereocenters. The normalized spacial score (nSPS) is 23.1. The van der Waals surface area contributed by atoms with E-state index in [0.29, 0.717) is 18.5 Å². The fourth-order valence-corrected chi connectivity index (χ4v) is 2.44. The summed E-state index contributed by atoms with van der Waals surface area (Å²) in [4.78, 5) is 12.0. The number of anilines is 1. The Morgan fingerprint density at radius 1 is 1.37 bits per heavy atom. The van der Waals surface area contributed by atoms with Gasteiger partial charge in [-0.3, -0.25) is 0 Å². The Bertz CT molecular complexity index is 419. The van der Waals surface area contributed by atoms with Gasteiger partial charge in [0.15, 0.2) is 0 Å². The Hall–Kier alpha value is -1.14. The van der Waals surface area contributed by atoms with Crippen LogP contribution >= 0.6 is 11.6 Å². The number of nitrogens with zero attached hydrogens (tertiary/aromatic N) is 3. The number of rotatable bonds is 5. The van der Waals surface area contributed by atoms with E-state index < -0.39 is 0 Å². The highest BCUT2D eigenvalue weighted by Crippen LogP contribution is 2.24. The van der Waals surface area contributed by atoms with Gasteiger partial charge in [-0.15, -0.1) is 0 Å². The molecule has 7 heteroatoms. The molecule has 0 radical (unpaired) electrons. The minimum Gasteiger partial charge on any atom is -0.464 e. The molecule has 1 aliphatic rings. The second kappa shape index (κ2) is 6.86. The number of ether oxygens (including phenoxy) is 1. The molecular formula is C12H19ClN4O2. The molecule has 19 heavy (non-hydrogen) atoms. The maximum absolute atomic E-state index is 9.62. The Balaban J connectivity index is 1.91. The zero-order valence-corrected chi connectivity index (χ0v) is 11.7. The van der Waals surface area contributed by atoms with Crippen LogP contribution in [-0.4, -0.2) is 39.3 Å². The van der Waals surface area contributed by atoms with Crippen molar-refractivity contribution in [2.75, 3.05) is 18.5 Å². The predicted molar refractivity (Wildman–Crippen MR) is 72.5 cm³/mol. The van der Waals surface area contributed by atoms with Gasteiger partial charge in [-0.1, -0.05) is 6.42 Å². The molecule has 2 rings (SSSR count). The van der Waals surface area contributed by atoms with Gasteiger partial charge in [0, 0.05) is 6.54 Å². The van der Waals surface area contributed by atoms with Crippen molar-refractivity contribution in [2.24, 2.45) is 5.92 Å². The lowest BCUT2D eigenvalue weighted by Gasteiger charge is -2.25. The van der Waals surface area contributed by atoms with Crippen LogP contribution in [0, 0.1) is 5.92 Å². The fraction of sp³-hybridized carbons (Fsp3) is 0.750. The van der Waals surface area contributed by atoms with Crippen LogP contribution in [0.25, 0.3) is 0 Å². The van der Waals surface area contributed by atoms with Crippen LogP contribution in [0.5, 0.6) is 6.01 Å². The average molecular weight is 287 g/mol. The molecule has 0 saturated heterocycles. The molecule has 0 spiro atoms. The average Bonchev–Trinajstić information content (AvgIpc) is 2.36. The molecule has 0 aliphatic heterocycles. The van der Waals surface area contributed by atoms with Crippen molar-refractivity contribution >= 4 is 17.5 Å². The molecule has 0 bridgehead atoms. The van der Waals surface area contributed by atoms with Gasteiger partial charge in [-0.25, -0.2) is 0 Å². The lowest BCUT2D eigenvalue weighted by atomic mass is 9.87. The number of hydrogen-bond donors (Lipinski definition) is 2. The Morgan fingerprint density at radius 3 is 2.95 bits per heavy atom. The summed E-state index contributed by atoms with van der Waals surface area (Å²) in [6.45, 7) is 3.06. The van der Waals surface area contributed by atoms with Crippen molar-refractivity contribution in [1.82, 2.24) is 15.0 Å². The number of aliphatic hydroxyl groups is 1. The monoisotopic (exact) mass is 286 g/mol. The summed E-state index contributed by atoms with van der Waals surface area (Å²) in [5.41, 5.74) is 0. The van der Waals surface area contributed by atoms with Gasteiger partial charge in [0.05, 0.1) is 12.7 Å². The first kappa shape index (κ1) is 14.3. The number of aliphatic hydroxyl groups excluding tert-OH is 1. The Labute approximate surface area is 117 Å². The maximum atomic E-state index is 9.62. The van der Waals surface area contributed by atoms with Gasteiger partial charge in [-0.2, -0.15) is 15.0 Å². The fourth-order valence-electron chi connectivity index (χ4n) is 2.29. The van der Waals surface area contributed by atoms with Gasteiger partial charge in [0.25, 0.3) is 0 Å². The zero-order valence-electron chi connectivity index (χ0n) is 11.0. The van der Waals surface area contributed by atoms with Crippen LogP contribution in [0.15, 0.2) is 0 Å². The van der Waals surface area contributed by atoms with Crippen LogP contribution in [0.1, 0.15) is 32.6 Å². The van der Waals surface area contributed by atoms with Crippen molar-refractivity contribution in [3.8, 4) is 6.01 Å². The number of nitrogens with one attached hydrogen (secondary N) is 1. The minimum atomic E-state index is -0.179. The van der Waals surface area contributed by atoms with Crippen molar-refractivity contribution in [2.45, 2.75) is 38.7 Å². The molecule has 0 amide bonds. The predicted octanol–water partition coefficient (Wildman–Crippen LogP) is 1.89. The highest BCUT2D eigenvalue weighted by Gasteiger charge is 2.20. The van der Waals surface area contributed by atoms with Crippen molar-refractivity contribution < 1.29 is 9.84 Å². The molecule has 6 nitrogen and oxygen atoms in total. The van der Waals surface area contributed by atoms with E-state index >= 15 is 0 Å². The molecule has 1 aromatic heterocycles. The van der Waals surface area contributed by atoms with E-state index in [4.69, 9.17) is 16.3 Å². The largest absolute Gasteiger partial charge is 0.464 e. The van der Waals surface area contributed by atoms with Crippen LogP contribution in [-0.2, 0) is 0 Å². The van der Waals surface area contributed by atoms with Crippen LogP contribution in [0.3, 0.4) is 0 Å². The molecule has 2 unspecified atom stereocenters. The highest BCUT2D eigenvalue weighted by molar-refractivity contribution is 6.28. The third kappa shape index (κ3) is 4.47. The third-order valence-corrected chi connectivity index (χ3v) is 3.33. The standard InChI is InChI=1S/C12H19ClN4O2/c1-2-19-12-16-10(13)15-11(17-12)14-7-8-4-3-5-9(18)6-8/h8-9,18H,2-7H2,1H3,(H,14,15,16,17). The minimum absolute atomic E-state index is 0.115. The topological polar surface area (TPSA) is 80.2 Å². The summed E-state index contributed by atoms with van der Waals surface area (Å²) in [6.07, 6.45) is 3.73. The SMILES string of the molecule is CCOc1nc(Cl)nc(NCC2CCCC(O)C2)n1. The third-order valence-electron chi connectivity index (χ3n) is 3.17. The Morgan fingerprint density at radius 2 is 2.21 bits per heavy atom. The molecule has 1 saturated carbocycles. The van der Waals surface area contributed by atoms with Gasteiger partial charge in [0.1, 0.15) is 0 Å². The number of halogens is 1. The molecule has 1 heterocycles. The summed E-state index contributed by atoms with van der Waals surface area (Å²) < 4.78 is 5.21. The van der Waals surface area contributed by atoms with Gasteiger partial charge in [-0.05, 0) is 43.7 Å². The first-order chi connectivity index (χ1) is 9.17. The summed E-state index contributed by atoms with van der Waals surface area (Å²) in [5, 5.41) is 12.9. The van der Waals surface area contributed by atoms with Crippen molar-refractivity contribution in [3.05, 3.63) is 5.28 Å². The van der Waals surface area contributed by atoms with E-state index in [1.165, 1.54) is 0 Å². The smallest absolute Gasteiger partial charge is 0.322 e. The van der Waals surface area contributed by atoms with E-state index in [1.807, 2.05) is 6.92 Å². The molecule has 2 N–H and O–H groups in total. The summed E-state index contributed by atoms with van der Waals surface area (Å²) >= 11 is 5.81. The summed E-state index contributed by atoms with van der Waals surface area (Å²) in [6, 6.07) is 0.230. The van der Waals surface area contributed by atoms with E-state index in [-0.39, 0.29) is 17.4 Å². The van der Waals surface area contributed by atoms with E-state index in [9.17, 15) is 5.11 Å². The second-order valence-electron chi connectivity index (χ2n) is 4.71. The van der Waals surface area contributed by atoms with Crippen LogP contribution < -0.4 is 10.1 Å². The number of aromatic nitrogens is 3. The summed E-state index contributed by atoms with van der Waals surface area (Å²) in [7, 11) is 0. The molecule has 106 valence electrons. The van der Waals surface area contributed by atoms with Crippen molar-refractivity contribution in [3.63, 3.8) is 0 Å². The first-order valence-corrected chi connectivity index (χ1v) is 7.01. The zero-order chi connectivity index (χ0) is 13.7. The molecule has 0 aromatic carbocycles. The van der Waals surface area contributed by atoms with Gasteiger partial charge in [0.2, 0.25) is 11.2 Å². The van der Waals surface area contributed by atoms with E-state index in [0.717, 1.165) is 32.2 Å². The lowest BCUT2D eigenvalue weighted by Crippen LogP contribution is -2.25. The van der Waals surface area contributed by atoms with E-state index in [2.05, 4.69) is 20.3 Å². The van der Waals surface area contributed by atoms with Gasteiger partial charge < -0.3 is 15.2 Å². The number of hydrogen-bond acceptors (Lipinski definition) is 6. The van der Waals surface area contributed by atoms with E-state index in [1.54, 1.807) is 0 Å². The highest BCUT2D eigenvalue weighted by atomic mass is 35.5. The quantitative estimate of drug-likeness (QED) is 0.860. The van der Waals surface area contributed by atoms with Crippen LogP contribution in [0.4, 0.5) is 5.95 Å². The molecule has 1 fully saturated rings. The maximum Gasteiger partial charge on any atom is 0.322 e. The molecular weight excluding hydrogens is 268 g/mol. The van der Waals surface area contributed by atoms with Crippen LogP contribution in [0.2, 0.25) is 5.28 Å². The van der Waals surface area contributed by atoms with Gasteiger partial charge >= 0.3 is 6.01 Å². The van der Waals surface area contributed by atoms with Crippen molar-refractivity contribution in [1.29, 1.82) is 0 Å². The second-order valence-corrected chi connectivity index (χ2v) is 5.05. The lowest BCUT2D eigenvalue weighted by molar-refractivity contribution is 0.104. The molecule has 1 aliphatic carbocycles.